The van der Waals surface area contributed by atoms with Gasteiger partial charge in [0.1, 0.15) is 17.0 Å². The molecule has 2 aromatic heterocycles. The van der Waals surface area contributed by atoms with Crippen molar-refractivity contribution in [2.45, 2.75) is 19.8 Å². The number of carbonyl (C=O) groups is 1. The molecule has 150 valence electrons. The minimum atomic E-state index is -0.0869. The lowest BCUT2D eigenvalue weighted by Crippen LogP contribution is -2.40. The molecule has 0 saturated carbocycles. The molecule has 29 heavy (non-hydrogen) atoms. The van der Waals surface area contributed by atoms with E-state index >= 15 is 0 Å². The largest absolute Gasteiger partial charge is 0.389 e. The summed E-state index contributed by atoms with van der Waals surface area (Å²) in [6.45, 7) is 7.05. The first-order chi connectivity index (χ1) is 14.1. The Morgan fingerprint density at radius 3 is 3.00 bits per heavy atom. The Morgan fingerprint density at radius 2 is 2.28 bits per heavy atom. The van der Waals surface area contributed by atoms with E-state index in [-0.39, 0.29) is 17.7 Å². The molecular weight excluding hydrogens is 370 g/mol. The van der Waals surface area contributed by atoms with Crippen molar-refractivity contribution in [2.75, 3.05) is 13.1 Å². The van der Waals surface area contributed by atoms with Gasteiger partial charge in [0.15, 0.2) is 0 Å². The van der Waals surface area contributed by atoms with Crippen molar-refractivity contribution in [3.05, 3.63) is 65.8 Å². The van der Waals surface area contributed by atoms with Gasteiger partial charge in [-0.05, 0) is 31.9 Å². The summed E-state index contributed by atoms with van der Waals surface area (Å²) in [5, 5.41) is 4.74. The first-order valence-corrected chi connectivity index (χ1v) is 9.49. The summed E-state index contributed by atoms with van der Waals surface area (Å²) in [5.74, 6) is 6.20. The number of benzene rings is 1. The topological polar surface area (TPSA) is 110 Å². The molecule has 1 aliphatic rings. The molecule has 8 heteroatoms. The number of H-pyrrole nitrogens is 1. The van der Waals surface area contributed by atoms with Crippen LogP contribution in [0.1, 0.15) is 34.7 Å². The molecule has 0 spiro atoms. The molecule has 8 nitrogen and oxygen atoms in total. The lowest BCUT2D eigenvalue weighted by molar-refractivity contribution is 0.0689. The number of likely N-dealkylation sites (tertiary alicyclic amines) is 1. The summed E-state index contributed by atoms with van der Waals surface area (Å²) in [6.07, 6.45) is 3.21. The maximum atomic E-state index is 12.8. The van der Waals surface area contributed by atoms with Crippen LogP contribution < -0.4 is 5.90 Å². The number of rotatable bonds is 4. The number of piperidine rings is 1. The second kappa shape index (κ2) is 7.92. The summed E-state index contributed by atoms with van der Waals surface area (Å²) in [4.78, 5) is 27.4. The minimum Gasteiger partial charge on any atom is -0.389 e. The smallest absolute Gasteiger partial charge is 0.261 e. The minimum absolute atomic E-state index is 0.0161. The highest BCUT2D eigenvalue weighted by Gasteiger charge is 2.28. The first-order valence-electron chi connectivity index (χ1n) is 9.49. The van der Waals surface area contributed by atoms with Crippen LogP contribution in [0.25, 0.3) is 10.9 Å². The van der Waals surface area contributed by atoms with E-state index in [2.05, 4.69) is 21.7 Å². The molecule has 1 amide bonds. The second-order valence-corrected chi connectivity index (χ2v) is 7.18. The summed E-state index contributed by atoms with van der Waals surface area (Å²) in [5.41, 5.74) is 2.77. The highest BCUT2D eigenvalue weighted by atomic mass is 16.6. The average molecular weight is 393 g/mol. The van der Waals surface area contributed by atoms with Gasteiger partial charge < -0.3 is 19.2 Å². The van der Waals surface area contributed by atoms with E-state index in [0.29, 0.717) is 35.8 Å². The van der Waals surface area contributed by atoms with Gasteiger partial charge in [0.2, 0.25) is 0 Å². The molecule has 1 atom stereocenters. The number of nitrogens with two attached hydrogens (primary N) is 1. The predicted octanol–water partition coefficient (Wildman–Crippen LogP) is 3.17. The van der Waals surface area contributed by atoms with Crippen LogP contribution in [0.4, 0.5) is 0 Å². The third-order valence-electron chi connectivity index (χ3n) is 5.28. The Morgan fingerprint density at radius 1 is 1.45 bits per heavy atom. The lowest BCUT2D eigenvalue weighted by atomic mass is 9.95. The van der Waals surface area contributed by atoms with Gasteiger partial charge in [-0.2, -0.15) is 5.90 Å². The fraction of sp³-hybridized carbons (Fsp3) is 0.286. The summed E-state index contributed by atoms with van der Waals surface area (Å²) < 4.78 is 5.02. The van der Waals surface area contributed by atoms with Gasteiger partial charge >= 0.3 is 0 Å². The first kappa shape index (κ1) is 18.9. The zero-order chi connectivity index (χ0) is 20.4. The molecule has 1 aromatic carbocycles. The van der Waals surface area contributed by atoms with E-state index in [4.69, 9.17) is 15.3 Å². The van der Waals surface area contributed by atoms with Crippen molar-refractivity contribution in [1.29, 1.82) is 0 Å². The fourth-order valence-electron chi connectivity index (χ4n) is 3.67. The number of aryl methyl sites for hydroxylation is 1. The van der Waals surface area contributed by atoms with Gasteiger partial charge in [0.25, 0.3) is 11.8 Å². The monoisotopic (exact) mass is 393 g/mol. The molecule has 1 unspecified atom stereocenters. The van der Waals surface area contributed by atoms with E-state index in [1.54, 1.807) is 11.8 Å². The number of para-hydroxylation sites is 1. The van der Waals surface area contributed by atoms with Crippen LogP contribution in [0, 0.1) is 12.8 Å². The summed E-state index contributed by atoms with van der Waals surface area (Å²) in [6, 6.07) is 9.81. The van der Waals surface area contributed by atoms with Crippen LogP contribution in [0.15, 0.2) is 58.3 Å². The number of hydrogen-bond donors (Lipinski definition) is 2. The quantitative estimate of drug-likeness (QED) is 0.402. The van der Waals surface area contributed by atoms with Gasteiger partial charge in [-0.15, -0.1) is 0 Å². The van der Waals surface area contributed by atoms with E-state index < -0.39 is 0 Å². The molecule has 1 saturated heterocycles. The van der Waals surface area contributed by atoms with Crippen LogP contribution in [0.3, 0.4) is 0 Å². The zero-order valence-corrected chi connectivity index (χ0v) is 16.2. The van der Waals surface area contributed by atoms with Crippen LogP contribution >= 0.6 is 0 Å². The van der Waals surface area contributed by atoms with Crippen LogP contribution in [0.5, 0.6) is 0 Å². The molecule has 3 heterocycles. The number of aliphatic imine (C=N–C) groups is 1. The number of aromatic nitrogens is 2. The molecule has 0 bridgehead atoms. The van der Waals surface area contributed by atoms with Gasteiger partial charge in [-0.3, -0.25) is 4.79 Å². The third-order valence-corrected chi connectivity index (χ3v) is 5.28. The summed E-state index contributed by atoms with van der Waals surface area (Å²) in [7, 11) is 0. The number of nitrogens with zero attached hydrogens (tertiary/aromatic N) is 3. The lowest BCUT2D eigenvalue weighted by Gasteiger charge is -2.32. The zero-order valence-electron chi connectivity index (χ0n) is 16.2. The Hall–Kier alpha value is -3.39. The number of aromatic amines is 1. The Bertz CT molecular complexity index is 1050. The highest BCUT2D eigenvalue weighted by Crippen LogP contribution is 2.26. The van der Waals surface area contributed by atoms with Crippen molar-refractivity contribution in [2.24, 2.45) is 16.8 Å². The normalized spacial score (nSPS) is 17.5. The van der Waals surface area contributed by atoms with Crippen LogP contribution in [0.2, 0.25) is 0 Å². The van der Waals surface area contributed by atoms with Crippen molar-refractivity contribution in [3.63, 3.8) is 0 Å². The number of carbonyl (C=O) groups excluding carboxylic acids is 1. The SMILES string of the molecule is C=C(N=C(ON)c1cc2ccccc2[nH]1)C1CCCN(C(=O)c2cnoc2C)C1. The molecule has 3 N–H and O–H groups in total. The highest BCUT2D eigenvalue weighted by molar-refractivity contribution is 5.98. The van der Waals surface area contributed by atoms with Gasteiger partial charge in [0, 0.05) is 35.6 Å². The molecule has 1 fully saturated rings. The Kier molecular flexibility index (Phi) is 5.18. The van der Waals surface area contributed by atoms with Gasteiger partial charge in [-0.25, -0.2) is 4.99 Å². The molecule has 1 aliphatic heterocycles. The van der Waals surface area contributed by atoms with Gasteiger partial charge in [-0.1, -0.05) is 29.9 Å². The Labute approximate surface area is 168 Å². The van der Waals surface area contributed by atoms with Gasteiger partial charge in [0.05, 0.1) is 6.20 Å². The van der Waals surface area contributed by atoms with E-state index in [9.17, 15) is 4.79 Å². The molecule has 4 rings (SSSR count). The standard InChI is InChI=1S/C21H23N5O3/c1-13(24-20(28-22)19-10-15-6-3-4-8-18(15)25-19)16-7-5-9-26(12-16)21(27)17-11-23-29-14(17)2/h3-4,6,8,10-11,16,25H,1,5,7,9,12,22H2,2H3. The third kappa shape index (κ3) is 3.79. The second-order valence-electron chi connectivity index (χ2n) is 7.18. The fourth-order valence-corrected chi connectivity index (χ4v) is 3.67. The average Bonchev–Trinajstić information content (AvgIpc) is 3.37. The van der Waals surface area contributed by atoms with Crippen molar-refractivity contribution in [1.82, 2.24) is 15.0 Å². The van der Waals surface area contributed by atoms with E-state index in [1.165, 1.54) is 6.20 Å². The maximum Gasteiger partial charge on any atom is 0.261 e. The molecule has 0 radical (unpaired) electrons. The molecular formula is C21H23N5O3. The van der Waals surface area contributed by atoms with Crippen molar-refractivity contribution < 1.29 is 14.2 Å². The van der Waals surface area contributed by atoms with Crippen molar-refractivity contribution >= 4 is 22.7 Å². The summed E-state index contributed by atoms with van der Waals surface area (Å²) >= 11 is 0. The Balaban J connectivity index is 1.51. The van der Waals surface area contributed by atoms with Crippen LogP contribution in [-0.4, -0.2) is 39.9 Å². The van der Waals surface area contributed by atoms with E-state index in [0.717, 1.165) is 23.7 Å². The molecule has 0 aliphatic carbocycles. The number of nitrogens with one attached hydrogen (secondary N) is 1. The predicted molar refractivity (Wildman–Crippen MR) is 109 cm³/mol. The number of amides is 1. The number of hydrogen-bond acceptors (Lipinski definition) is 6. The maximum absolute atomic E-state index is 12.8. The van der Waals surface area contributed by atoms with E-state index in [1.807, 2.05) is 30.3 Å². The molecule has 3 aromatic rings. The number of fused-ring (bicyclic) bond motifs is 1. The van der Waals surface area contributed by atoms with Crippen molar-refractivity contribution in [3.8, 4) is 0 Å². The van der Waals surface area contributed by atoms with Crippen LogP contribution in [-0.2, 0) is 4.84 Å².